The minimum absolute atomic E-state index is 0.0680. The zero-order chi connectivity index (χ0) is 17.5. The number of nitrogens with one attached hydrogen (secondary N) is 1. The molecule has 1 aromatic heterocycles. The summed E-state index contributed by atoms with van der Waals surface area (Å²) >= 11 is 0. The first-order valence-corrected chi connectivity index (χ1v) is 7.53. The Morgan fingerprint density at radius 2 is 2.04 bits per heavy atom. The molecule has 0 aliphatic rings. The van der Waals surface area contributed by atoms with Crippen molar-refractivity contribution in [2.75, 3.05) is 7.05 Å². The first-order valence-electron chi connectivity index (χ1n) is 7.53. The van der Waals surface area contributed by atoms with Gasteiger partial charge in [0, 0.05) is 13.2 Å². The topological polar surface area (TPSA) is 75.0 Å². The second-order valence-electron chi connectivity index (χ2n) is 5.34. The third-order valence-corrected chi connectivity index (χ3v) is 3.48. The Kier molecular flexibility index (Phi) is 5.69. The summed E-state index contributed by atoms with van der Waals surface area (Å²) in [6.07, 6.45) is 3.30. The Morgan fingerprint density at radius 3 is 2.58 bits per heavy atom. The number of amides is 1. The first kappa shape index (κ1) is 17.2. The maximum Gasteiger partial charge on any atom is 0.261 e. The maximum atomic E-state index is 11.6. The molecule has 1 heterocycles. The van der Waals surface area contributed by atoms with Crippen LogP contribution in [0.1, 0.15) is 22.4 Å². The zero-order valence-corrected chi connectivity index (χ0v) is 14.0. The molecule has 1 amide bonds. The number of pyridine rings is 1. The molecular weight excluding hydrogens is 302 g/mol. The number of aryl methyl sites for hydroxylation is 2. The Hall–Kier alpha value is -3.13. The Bertz CT molecular complexity index is 782. The van der Waals surface area contributed by atoms with Gasteiger partial charge in [0.2, 0.25) is 0 Å². The summed E-state index contributed by atoms with van der Waals surface area (Å²) in [5.74, 6) is 0.388. The molecule has 0 saturated carbocycles. The molecule has 5 heteroatoms. The van der Waals surface area contributed by atoms with Crippen molar-refractivity contribution in [2.45, 2.75) is 20.5 Å². The standard InChI is InChI=1S/C19H19N3O2/c1-13-8-15(10-16(11-20)19(23)21-3)9-14(2)18(13)24-12-17-6-4-5-7-22-17/h4-10H,12H2,1-3H3,(H,21,23). The molecule has 1 aromatic carbocycles. The van der Waals surface area contributed by atoms with Crippen LogP contribution < -0.4 is 10.1 Å². The summed E-state index contributed by atoms with van der Waals surface area (Å²) in [7, 11) is 1.50. The predicted molar refractivity (Wildman–Crippen MR) is 92.1 cm³/mol. The van der Waals surface area contributed by atoms with E-state index < -0.39 is 5.91 Å². The third-order valence-electron chi connectivity index (χ3n) is 3.48. The first-order chi connectivity index (χ1) is 11.5. The Morgan fingerprint density at radius 1 is 1.33 bits per heavy atom. The van der Waals surface area contributed by atoms with Crippen molar-refractivity contribution >= 4 is 12.0 Å². The second-order valence-corrected chi connectivity index (χ2v) is 5.34. The van der Waals surface area contributed by atoms with E-state index in [9.17, 15) is 4.79 Å². The number of likely N-dealkylation sites (N-methyl/N-ethyl adjacent to an activating group) is 1. The Balaban J connectivity index is 2.24. The van der Waals surface area contributed by atoms with Gasteiger partial charge in [-0.2, -0.15) is 5.26 Å². The van der Waals surface area contributed by atoms with Crippen LogP contribution in [0.3, 0.4) is 0 Å². The van der Waals surface area contributed by atoms with Crippen molar-refractivity contribution in [3.05, 3.63) is 64.5 Å². The molecular formula is C19H19N3O2. The van der Waals surface area contributed by atoms with Gasteiger partial charge in [0.15, 0.2) is 0 Å². The molecule has 0 aliphatic carbocycles. The monoisotopic (exact) mass is 321 g/mol. The molecule has 0 fully saturated rings. The summed E-state index contributed by atoms with van der Waals surface area (Å²) in [4.78, 5) is 15.8. The van der Waals surface area contributed by atoms with Gasteiger partial charge in [0.25, 0.3) is 5.91 Å². The van der Waals surface area contributed by atoms with E-state index in [1.165, 1.54) is 7.05 Å². The molecule has 0 atom stereocenters. The normalized spacial score (nSPS) is 10.8. The van der Waals surface area contributed by atoms with Gasteiger partial charge in [-0.1, -0.05) is 6.07 Å². The van der Waals surface area contributed by atoms with Gasteiger partial charge in [-0.15, -0.1) is 0 Å². The molecule has 24 heavy (non-hydrogen) atoms. The van der Waals surface area contributed by atoms with Crippen molar-refractivity contribution in [2.24, 2.45) is 0 Å². The number of rotatable bonds is 5. The van der Waals surface area contributed by atoms with Gasteiger partial charge in [-0.25, -0.2) is 0 Å². The number of carbonyl (C=O) groups excluding carboxylic acids is 1. The van der Waals surface area contributed by atoms with Crippen LogP contribution in [-0.2, 0) is 11.4 Å². The van der Waals surface area contributed by atoms with Gasteiger partial charge < -0.3 is 10.1 Å². The maximum absolute atomic E-state index is 11.6. The number of nitrogens with zero attached hydrogens (tertiary/aromatic N) is 2. The summed E-state index contributed by atoms with van der Waals surface area (Å²) in [5, 5.41) is 11.5. The van der Waals surface area contributed by atoms with Crippen LogP contribution in [0.15, 0.2) is 42.1 Å². The van der Waals surface area contributed by atoms with E-state index in [4.69, 9.17) is 10.00 Å². The molecule has 1 N–H and O–H groups in total. The summed E-state index contributed by atoms with van der Waals surface area (Å²) in [6, 6.07) is 11.4. The van der Waals surface area contributed by atoms with Crippen LogP contribution in [0.25, 0.3) is 6.08 Å². The molecule has 0 bridgehead atoms. The van der Waals surface area contributed by atoms with Crippen molar-refractivity contribution in [3.8, 4) is 11.8 Å². The quantitative estimate of drug-likeness (QED) is 0.678. The highest BCUT2D eigenvalue weighted by Gasteiger charge is 2.10. The van der Waals surface area contributed by atoms with Crippen LogP contribution in [0, 0.1) is 25.2 Å². The van der Waals surface area contributed by atoms with Gasteiger partial charge >= 0.3 is 0 Å². The fourth-order valence-corrected chi connectivity index (χ4v) is 2.37. The summed E-state index contributed by atoms with van der Waals surface area (Å²) in [5.41, 5.74) is 3.58. The fourth-order valence-electron chi connectivity index (χ4n) is 2.37. The molecule has 0 aliphatic heterocycles. The second kappa shape index (κ2) is 7.93. The lowest BCUT2D eigenvalue weighted by molar-refractivity contribution is -0.116. The van der Waals surface area contributed by atoms with Crippen molar-refractivity contribution in [1.29, 1.82) is 5.26 Å². The lowest BCUT2D eigenvalue weighted by Crippen LogP contribution is -2.19. The molecule has 0 radical (unpaired) electrons. The summed E-state index contributed by atoms with van der Waals surface area (Å²) in [6.45, 7) is 4.26. The number of nitriles is 1. The minimum Gasteiger partial charge on any atom is -0.487 e. The molecule has 5 nitrogen and oxygen atoms in total. The van der Waals surface area contributed by atoms with Gasteiger partial charge in [0.05, 0.1) is 5.69 Å². The van der Waals surface area contributed by atoms with E-state index in [0.717, 1.165) is 28.1 Å². The smallest absolute Gasteiger partial charge is 0.261 e. The lowest BCUT2D eigenvalue weighted by Gasteiger charge is -2.13. The molecule has 0 spiro atoms. The van der Waals surface area contributed by atoms with E-state index in [2.05, 4.69) is 10.3 Å². The number of hydrogen-bond acceptors (Lipinski definition) is 4. The zero-order valence-electron chi connectivity index (χ0n) is 14.0. The predicted octanol–water partition coefficient (Wildman–Crippen LogP) is 2.93. The van der Waals surface area contributed by atoms with E-state index in [1.54, 1.807) is 12.3 Å². The minimum atomic E-state index is -0.400. The van der Waals surface area contributed by atoms with Gasteiger partial charge in [-0.05, 0) is 60.9 Å². The fraction of sp³-hybridized carbons (Fsp3) is 0.211. The van der Waals surface area contributed by atoms with Crippen LogP contribution in [0.4, 0.5) is 0 Å². The highest BCUT2D eigenvalue weighted by atomic mass is 16.5. The van der Waals surface area contributed by atoms with Gasteiger partial charge in [0.1, 0.15) is 24.0 Å². The molecule has 122 valence electrons. The van der Waals surface area contributed by atoms with E-state index in [-0.39, 0.29) is 5.57 Å². The van der Waals surface area contributed by atoms with Crippen LogP contribution in [0.2, 0.25) is 0 Å². The SMILES string of the molecule is CNC(=O)C(C#N)=Cc1cc(C)c(OCc2ccccn2)c(C)c1. The number of benzene rings is 1. The van der Waals surface area contributed by atoms with E-state index in [1.807, 2.05) is 50.2 Å². The van der Waals surface area contributed by atoms with E-state index >= 15 is 0 Å². The average molecular weight is 321 g/mol. The number of aromatic nitrogens is 1. The Labute approximate surface area is 141 Å². The molecule has 2 rings (SSSR count). The number of ether oxygens (including phenoxy) is 1. The number of hydrogen-bond donors (Lipinski definition) is 1. The summed E-state index contributed by atoms with van der Waals surface area (Å²) < 4.78 is 5.88. The van der Waals surface area contributed by atoms with E-state index in [0.29, 0.717) is 6.61 Å². The molecule has 2 aromatic rings. The van der Waals surface area contributed by atoms with Crippen molar-refractivity contribution in [3.63, 3.8) is 0 Å². The number of carbonyl (C=O) groups is 1. The van der Waals surface area contributed by atoms with Crippen LogP contribution >= 0.6 is 0 Å². The highest BCUT2D eigenvalue weighted by molar-refractivity contribution is 6.01. The molecule has 0 unspecified atom stereocenters. The van der Waals surface area contributed by atoms with Crippen molar-refractivity contribution < 1.29 is 9.53 Å². The van der Waals surface area contributed by atoms with Gasteiger partial charge in [-0.3, -0.25) is 9.78 Å². The molecule has 0 saturated heterocycles. The average Bonchev–Trinajstić information content (AvgIpc) is 2.59. The highest BCUT2D eigenvalue weighted by Crippen LogP contribution is 2.26. The van der Waals surface area contributed by atoms with Crippen LogP contribution in [-0.4, -0.2) is 17.9 Å². The van der Waals surface area contributed by atoms with Crippen LogP contribution in [0.5, 0.6) is 5.75 Å². The lowest BCUT2D eigenvalue weighted by atomic mass is 10.0. The van der Waals surface area contributed by atoms with Crippen molar-refractivity contribution in [1.82, 2.24) is 10.3 Å². The third kappa shape index (κ3) is 4.20. The largest absolute Gasteiger partial charge is 0.487 e.